The van der Waals surface area contributed by atoms with Crippen LogP contribution in [0.1, 0.15) is 23.2 Å². The lowest BCUT2D eigenvalue weighted by Gasteiger charge is -2.10. The van der Waals surface area contributed by atoms with Gasteiger partial charge in [0, 0.05) is 17.3 Å². The van der Waals surface area contributed by atoms with Gasteiger partial charge in [0.05, 0.1) is 17.3 Å². The van der Waals surface area contributed by atoms with E-state index in [1.807, 2.05) is 0 Å². The van der Waals surface area contributed by atoms with Gasteiger partial charge in [-0.05, 0) is 0 Å². The Hall–Kier alpha value is -0.940. The molecule has 0 atom stereocenters. The Bertz CT molecular complexity index is 413. The maximum atomic E-state index is 12.5. The number of carboxylic acid groups (broad SMARTS) is 1. The Morgan fingerprint density at radius 2 is 2.19 bits per heavy atom. The smallest absolute Gasteiger partial charge is 0.307 e. The maximum absolute atomic E-state index is 12.5. The molecule has 0 aliphatic heterocycles. The summed E-state index contributed by atoms with van der Waals surface area (Å²) in [5.74, 6) is -1.35. The summed E-state index contributed by atoms with van der Waals surface area (Å²) < 4.78 is 25.0. The minimum atomic E-state index is -2.79. The summed E-state index contributed by atoms with van der Waals surface area (Å²) in [7, 11) is 0. The Kier molecular flexibility index (Phi) is 4.44. The first-order chi connectivity index (χ1) is 7.47. The van der Waals surface area contributed by atoms with Crippen LogP contribution in [0.3, 0.4) is 0 Å². The van der Waals surface area contributed by atoms with Crippen LogP contribution in [0.2, 0.25) is 5.02 Å². The Labute approximate surface area is 100 Å². The zero-order valence-corrected chi connectivity index (χ0v) is 9.40. The number of aliphatic carboxylic acids is 1. The molecule has 16 heavy (non-hydrogen) atoms. The first-order valence-corrected chi connectivity index (χ1v) is 5.10. The van der Waals surface area contributed by atoms with Gasteiger partial charge in [-0.15, -0.1) is 11.6 Å². The molecular formula is C9H7Cl2F2NO2. The van der Waals surface area contributed by atoms with Gasteiger partial charge in [-0.3, -0.25) is 9.78 Å². The third-order valence-electron chi connectivity index (χ3n) is 1.90. The van der Waals surface area contributed by atoms with Crippen molar-refractivity contribution in [2.75, 3.05) is 0 Å². The molecule has 0 aromatic carbocycles. The number of alkyl halides is 3. The number of pyridine rings is 1. The average molecular weight is 270 g/mol. The van der Waals surface area contributed by atoms with Crippen LogP contribution in [0.15, 0.2) is 6.20 Å². The molecule has 0 radical (unpaired) electrons. The van der Waals surface area contributed by atoms with Crippen molar-refractivity contribution in [1.29, 1.82) is 0 Å². The van der Waals surface area contributed by atoms with Crippen LogP contribution >= 0.6 is 23.2 Å². The third kappa shape index (κ3) is 2.80. The first-order valence-electron chi connectivity index (χ1n) is 4.19. The Morgan fingerprint density at radius 1 is 1.56 bits per heavy atom. The van der Waals surface area contributed by atoms with E-state index in [-0.39, 0.29) is 28.5 Å². The molecule has 3 nitrogen and oxygen atoms in total. The van der Waals surface area contributed by atoms with E-state index in [1.165, 1.54) is 0 Å². The fraction of sp³-hybridized carbons (Fsp3) is 0.333. The van der Waals surface area contributed by atoms with Gasteiger partial charge in [-0.25, -0.2) is 8.78 Å². The topological polar surface area (TPSA) is 50.2 Å². The van der Waals surface area contributed by atoms with Crippen LogP contribution in [0.4, 0.5) is 8.78 Å². The number of carbonyl (C=O) groups is 1. The first kappa shape index (κ1) is 13.1. The molecule has 0 saturated heterocycles. The van der Waals surface area contributed by atoms with Crippen LogP contribution in [-0.2, 0) is 17.1 Å². The molecule has 0 bridgehead atoms. The van der Waals surface area contributed by atoms with Gasteiger partial charge in [0.2, 0.25) is 0 Å². The van der Waals surface area contributed by atoms with Crippen molar-refractivity contribution in [2.45, 2.75) is 18.7 Å². The summed E-state index contributed by atoms with van der Waals surface area (Å²) in [6, 6.07) is 0. The molecule has 1 aromatic rings. The summed E-state index contributed by atoms with van der Waals surface area (Å²) >= 11 is 11.3. The van der Waals surface area contributed by atoms with E-state index in [9.17, 15) is 13.6 Å². The molecule has 0 saturated carbocycles. The molecule has 1 heterocycles. The molecule has 0 aliphatic rings. The highest BCUT2D eigenvalue weighted by Crippen LogP contribution is 2.30. The second-order valence-corrected chi connectivity index (χ2v) is 3.61. The average Bonchev–Trinajstić information content (AvgIpc) is 2.19. The Morgan fingerprint density at radius 3 is 2.62 bits per heavy atom. The number of aromatic nitrogens is 1. The van der Waals surface area contributed by atoms with Crippen molar-refractivity contribution in [3.63, 3.8) is 0 Å². The lowest BCUT2D eigenvalue weighted by molar-refractivity contribution is -0.136. The molecule has 1 rings (SSSR count). The number of rotatable bonds is 4. The van der Waals surface area contributed by atoms with Crippen molar-refractivity contribution in [3.8, 4) is 0 Å². The van der Waals surface area contributed by atoms with Crippen molar-refractivity contribution in [2.24, 2.45) is 0 Å². The van der Waals surface area contributed by atoms with E-state index in [4.69, 9.17) is 28.3 Å². The quantitative estimate of drug-likeness (QED) is 0.855. The number of carboxylic acids is 1. The number of halogens is 4. The molecule has 0 unspecified atom stereocenters. The lowest BCUT2D eigenvalue weighted by Crippen LogP contribution is -2.06. The summed E-state index contributed by atoms with van der Waals surface area (Å²) in [5.41, 5.74) is -0.347. The second-order valence-electron chi connectivity index (χ2n) is 2.97. The van der Waals surface area contributed by atoms with Gasteiger partial charge in [-0.2, -0.15) is 0 Å². The van der Waals surface area contributed by atoms with Crippen molar-refractivity contribution in [3.05, 3.63) is 28.0 Å². The highest BCUT2D eigenvalue weighted by atomic mass is 35.5. The van der Waals surface area contributed by atoms with Crippen LogP contribution in [0, 0.1) is 0 Å². The zero-order chi connectivity index (χ0) is 12.3. The van der Waals surface area contributed by atoms with Crippen LogP contribution in [-0.4, -0.2) is 16.1 Å². The number of hydrogen-bond donors (Lipinski definition) is 1. The number of nitrogens with zero attached hydrogens (tertiary/aromatic N) is 1. The van der Waals surface area contributed by atoms with Gasteiger partial charge >= 0.3 is 5.97 Å². The monoisotopic (exact) mass is 269 g/mol. The predicted octanol–water partition coefficient (Wildman–Crippen LogP) is 3.04. The molecule has 1 aromatic heterocycles. The van der Waals surface area contributed by atoms with E-state index in [2.05, 4.69) is 4.98 Å². The molecule has 0 spiro atoms. The fourth-order valence-corrected chi connectivity index (χ4v) is 1.81. The van der Waals surface area contributed by atoms with Crippen molar-refractivity contribution >= 4 is 29.2 Å². The molecule has 0 aliphatic carbocycles. The number of hydrogen-bond acceptors (Lipinski definition) is 2. The highest BCUT2D eigenvalue weighted by molar-refractivity contribution is 6.33. The van der Waals surface area contributed by atoms with Crippen LogP contribution in [0.5, 0.6) is 0 Å². The van der Waals surface area contributed by atoms with E-state index in [0.29, 0.717) is 0 Å². The zero-order valence-electron chi connectivity index (χ0n) is 7.88. The molecule has 1 N–H and O–H groups in total. The summed E-state index contributed by atoms with van der Waals surface area (Å²) in [5, 5.41) is 8.51. The van der Waals surface area contributed by atoms with Gasteiger partial charge in [0.1, 0.15) is 5.69 Å². The Balaban J connectivity index is 3.23. The molecule has 0 fully saturated rings. The van der Waals surface area contributed by atoms with Crippen LogP contribution < -0.4 is 0 Å². The normalized spacial score (nSPS) is 10.8. The van der Waals surface area contributed by atoms with E-state index in [1.54, 1.807) is 0 Å². The standard InChI is InChI=1S/C9H7Cl2F2NO2/c10-2-5-7(11)4(1-6(15)16)3-14-8(5)9(12)13/h3,9H,1-2H2,(H,15,16). The van der Waals surface area contributed by atoms with Gasteiger partial charge in [-0.1, -0.05) is 11.6 Å². The van der Waals surface area contributed by atoms with E-state index in [0.717, 1.165) is 6.20 Å². The highest BCUT2D eigenvalue weighted by Gasteiger charge is 2.20. The van der Waals surface area contributed by atoms with E-state index < -0.39 is 18.1 Å². The second kappa shape index (κ2) is 5.41. The largest absolute Gasteiger partial charge is 0.481 e. The molecule has 0 amide bonds. The summed E-state index contributed by atoms with van der Waals surface area (Å²) in [6.07, 6.45) is -2.13. The molecule has 7 heteroatoms. The molecular weight excluding hydrogens is 263 g/mol. The van der Waals surface area contributed by atoms with Gasteiger partial charge < -0.3 is 5.11 Å². The third-order valence-corrected chi connectivity index (χ3v) is 2.64. The lowest BCUT2D eigenvalue weighted by atomic mass is 10.1. The summed E-state index contributed by atoms with van der Waals surface area (Å²) in [6.45, 7) is 0. The van der Waals surface area contributed by atoms with Gasteiger partial charge in [0.15, 0.2) is 0 Å². The van der Waals surface area contributed by atoms with Gasteiger partial charge in [0.25, 0.3) is 6.43 Å². The van der Waals surface area contributed by atoms with Crippen LogP contribution in [0.25, 0.3) is 0 Å². The fourth-order valence-electron chi connectivity index (χ4n) is 1.19. The predicted molar refractivity (Wildman–Crippen MR) is 55.1 cm³/mol. The SMILES string of the molecule is O=C(O)Cc1cnc(C(F)F)c(CCl)c1Cl. The van der Waals surface area contributed by atoms with Crippen molar-refractivity contribution < 1.29 is 18.7 Å². The minimum absolute atomic E-state index is 0.0166. The molecule has 88 valence electrons. The summed E-state index contributed by atoms with van der Waals surface area (Å²) in [4.78, 5) is 14.0. The maximum Gasteiger partial charge on any atom is 0.307 e. The minimum Gasteiger partial charge on any atom is -0.481 e. The van der Waals surface area contributed by atoms with Crippen molar-refractivity contribution in [1.82, 2.24) is 4.98 Å². The van der Waals surface area contributed by atoms with E-state index >= 15 is 0 Å².